The van der Waals surface area contributed by atoms with Crippen LogP contribution in [0.15, 0.2) is 42.9 Å². The summed E-state index contributed by atoms with van der Waals surface area (Å²) < 4.78 is 6.14. The topological polar surface area (TPSA) is 79.8 Å². The smallest absolute Gasteiger partial charge is 0.177 e. The maximum atomic E-state index is 6.14. The SMILES string of the molecule is CC1=CC(C)(C)Cc2c1ncnc2N1CCOc2ccc(-c3cnc4nc(C)[nH]c4c3)cc2C1. The van der Waals surface area contributed by atoms with Gasteiger partial charge in [-0.15, -0.1) is 0 Å². The van der Waals surface area contributed by atoms with Crippen molar-refractivity contribution in [2.45, 2.75) is 40.7 Å². The van der Waals surface area contributed by atoms with Crippen molar-refractivity contribution in [3.63, 3.8) is 0 Å². The lowest BCUT2D eigenvalue weighted by Crippen LogP contribution is -2.30. The highest BCUT2D eigenvalue weighted by Gasteiger charge is 2.29. The average molecular weight is 453 g/mol. The quantitative estimate of drug-likeness (QED) is 0.455. The van der Waals surface area contributed by atoms with Gasteiger partial charge in [0.15, 0.2) is 5.65 Å². The number of rotatable bonds is 2. The van der Waals surface area contributed by atoms with Gasteiger partial charge in [0.1, 0.15) is 30.3 Å². The van der Waals surface area contributed by atoms with Gasteiger partial charge in [-0.3, -0.25) is 0 Å². The Morgan fingerprint density at radius 2 is 1.94 bits per heavy atom. The first-order valence-corrected chi connectivity index (χ1v) is 11.7. The van der Waals surface area contributed by atoms with Crippen LogP contribution < -0.4 is 9.64 Å². The molecule has 1 N–H and O–H groups in total. The zero-order valence-electron chi connectivity index (χ0n) is 20.0. The third-order valence-corrected chi connectivity index (χ3v) is 6.66. The lowest BCUT2D eigenvalue weighted by atomic mass is 9.78. The number of H-pyrrole nitrogens is 1. The summed E-state index contributed by atoms with van der Waals surface area (Å²) >= 11 is 0. The lowest BCUT2D eigenvalue weighted by molar-refractivity contribution is 0.331. The molecule has 7 nitrogen and oxygen atoms in total. The normalized spacial score (nSPS) is 16.9. The van der Waals surface area contributed by atoms with Crippen molar-refractivity contribution in [2.75, 3.05) is 18.1 Å². The highest BCUT2D eigenvalue weighted by atomic mass is 16.5. The number of imidazole rings is 1. The molecule has 0 saturated heterocycles. The third kappa shape index (κ3) is 3.61. The molecule has 1 aromatic carbocycles. The summed E-state index contributed by atoms with van der Waals surface area (Å²) in [5.41, 5.74) is 8.60. The van der Waals surface area contributed by atoms with E-state index in [0.717, 1.165) is 70.5 Å². The van der Waals surface area contributed by atoms with Gasteiger partial charge in [0, 0.05) is 29.4 Å². The summed E-state index contributed by atoms with van der Waals surface area (Å²) in [4.78, 5) is 23.9. The van der Waals surface area contributed by atoms with Crippen molar-refractivity contribution >= 4 is 22.6 Å². The summed E-state index contributed by atoms with van der Waals surface area (Å²) in [5, 5.41) is 0. The average Bonchev–Trinajstić information content (AvgIpc) is 3.03. The number of hydrogen-bond acceptors (Lipinski definition) is 6. The molecule has 2 aliphatic rings. The lowest BCUT2D eigenvalue weighted by Gasteiger charge is -2.32. The van der Waals surface area contributed by atoms with Gasteiger partial charge in [-0.2, -0.15) is 0 Å². The van der Waals surface area contributed by atoms with Gasteiger partial charge < -0.3 is 14.6 Å². The molecule has 172 valence electrons. The molecule has 4 heterocycles. The number of nitrogens with zero attached hydrogens (tertiary/aromatic N) is 5. The van der Waals surface area contributed by atoms with Crippen LogP contribution in [0.25, 0.3) is 27.9 Å². The number of ether oxygens (including phenoxy) is 1. The van der Waals surface area contributed by atoms with E-state index in [2.05, 4.69) is 75.9 Å². The summed E-state index contributed by atoms with van der Waals surface area (Å²) in [6.07, 6.45) is 6.83. The maximum Gasteiger partial charge on any atom is 0.177 e. The number of anilines is 1. The summed E-state index contributed by atoms with van der Waals surface area (Å²) in [7, 11) is 0. The Hall–Kier alpha value is -3.74. The van der Waals surface area contributed by atoms with E-state index in [4.69, 9.17) is 9.72 Å². The number of allylic oxidation sites excluding steroid dienone is 2. The summed E-state index contributed by atoms with van der Waals surface area (Å²) in [5.74, 6) is 2.81. The highest BCUT2D eigenvalue weighted by Crippen LogP contribution is 2.40. The van der Waals surface area contributed by atoms with E-state index < -0.39 is 0 Å². The van der Waals surface area contributed by atoms with Gasteiger partial charge in [-0.25, -0.2) is 19.9 Å². The van der Waals surface area contributed by atoms with Gasteiger partial charge in [-0.05, 0) is 55.0 Å². The molecule has 0 radical (unpaired) electrons. The number of hydrogen-bond donors (Lipinski definition) is 1. The van der Waals surface area contributed by atoms with Crippen molar-refractivity contribution in [2.24, 2.45) is 5.41 Å². The minimum atomic E-state index is 0.0840. The largest absolute Gasteiger partial charge is 0.491 e. The second kappa shape index (κ2) is 7.65. The molecule has 0 unspecified atom stereocenters. The van der Waals surface area contributed by atoms with E-state index in [1.165, 1.54) is 11.1 Å². The molecular formula is C27H28N6O. The number of aromatic amines is 1. The van der Waals surface area contributed by atoms with Gasteiger partial charge in [0.25, 0.3) is 0 Å². The molecule has 0 amide bonds. The van der Waals surface area contributed by atoms with E-state index in [-0.39, 0.29) is 5.41 Å². The molecule has 4 aromatic rings. The number of aromatic nitrogens is 5. The summed E-state index contributed by atoms with van der Waals surface area (Å²) in [6, 6.07) is 8.49. The molecule has 3 aromatic heterocycles. The van der Waals surface area contributed by atoms with Crippen LogP contribution in [0.5, 0.6) is 5.75 Å². The van der Waals surface area contributed by atoms with E-state index in [9.17, 15) is 0 Å². The Kier molecular flexibility index (Phi) is 4.69. The molecule has 0 bridgehead atoms. The number of aryl methyl sites for hydroxylation is 1. The number of nitrogens with one attached hydrogen (secondary N) is 1. The fourth-order valence-electron chi connectivity index (χ4n) is 5.27. The molecule has 0 fully saturated rings. The molecular weight excluding hydrogens is 424 g/mol. The Balaban J connectivity index is 1.38. The highest BCUT2D eigenvalue weighted by molar-refractivity contribution is 5.78. The first kappa shape index (κ1) is 20.8. The number of benzene rings is 1. The Morgan fingerprint density at radius 3 is 2.82 bits per heavy atom. The zero-order chi connectivity index (χ0) is 23.4. The second-order valence-electron chi connectivity index (χ2n) is 10.0. The number of pyridine rings is 1. The fourth-order valence-corrected chi connectivity index (χ4v) is 5.27. The van der Waals surface area contributed by atoms with Crippen molar-refractivity contribution in [1.29, 1.82) is 0 Å². The Bertz CT molecular complexity index is 1450. The Labute approximate surface area is 199 Å². The predicted octanol–water partition coefficient (Wildman–Crippen LogP) is 5.11. The van der Waals surface area contributed by atoms with E-state index in [1.54, 1.807) is 6.33 Å². The predicted molar refractivity (Wildman–Crippen MR) is 134 cm³/mol. The van der Waals surface area contributed by atoms with Gasteiger partial charge in [0.2, 0.25) is 0 Å². The van der Waals surface area contributed by atoms with Crippen LogP contribution in [0.4, 0.5) is 5.82 Å². The second-order valence-corrected chi connectivity index (χ2v) is 10.0. The molecule has 0 spiro atoms. The van der Waals surface area contributed by atoms with Crippen LogP contribution >= 0.6 is 0 Å². The molecule has 1 aliphatic carbocycles. The van der Waals surface area contributed by atoms with Crippen LogP contribution in [0.3, 0.4) is 0 Å². The fraction of sp³-hybridized carbons (Fsp3) is 0.333. The van der Waals surface area contributed by atoms with Crippen LogP contribution in [0.1, 0.15) is 43.4 Å². The van der Waals surface area contributed by atoms with Crippen LogP contribution in [-0.4, -0.2) is 38.1 Å². The van der Waals surface area contributed by atoms with Crippen molar-refractivity contribution in [3.05, 3.63) is 65.5 Å². The molecule has 0 saturated carbocycles. The maximum absolute atomic E-state index is 6.14. The molecule has 1 aliphatic heterocycles. The number of fused-ring (bicyclic) bond motifs is 3. The van der Waals surface area contributed by atoms with Crippen LogP contribution in [-0.2, 0) is 13.0 Å². The van der Waals surface area contributed by atoms with E-state index >= 15 is 0 Å². The van der Waals surface area contributed by atoms with Crippen molar-refractivity contribution in [3.8, 4) is 16.9 Å². The summed E-state index contributed by atoms with van der Waals surface area (Å²) in [6.45, 7) is 10.8. The van der Waals surface area contributed by atoms with Gasteiger partial charge >= 0.3 is 0 Å². The molecule has 34 heavy (non-hydrogen) atoms. The first-order chi connectivity index (χ1) is 16.4. The van der Waals surface area contributed by atoms with Crippen molar-refractivity contribution in [1.82, 2.24) is 24.9 Å². The minimum absolute atomic E-state index is 0.0840. The van der Waals surface area contributed by atoms with E-state index in [1.807, 2.05) is 13.1 Å². The molecule has 0 atom stereocenters. The first-order valence-electron chi connectivity index (χ1n) is 11.7. The van der Waals surface area contributed by atoms with Gasteiger partial charge in [-0.1, -0.05) is 26.0 Å². The van der Waals surface area contributed by atoms with E-state index in [0.29, 0.717) is 6.61 Å². The monoisotopic (exact) mass is 452 g/mol. The minimum Gasteiger partial charge on any atom is -0.491 e. The van der Waals surface area contributed by atoms with Crippen molar-refractivity contribution < 1.29 is 4.74 Å². The third-order valence-electron chi connectivity index (χ3n) is 6.66. The zero-order valence-corrected chi connectivity index (χ0v) is 20.0. The standard InChI is InChI=1S/C27H28N6O/c1-16-11-27(3,4)12-21-24(16)29-15-30-26(21)33-7-8-34-23-6-5-18(9-20(23)14-33)19-10-22-25(28-13-19)32-17(2)31-22/h5-6,9-11,13,15H,7-8,12,14H2,1-4H3,(H,28,31,32). The van der Waals surface area contributed by atoms with Gasteiger partial charge in [0.05, 0.1) is 17.8 Å². The van der Waals surface area contributed by atoms with Crippen LogP contribution in [0, 0.1) is 12.3 Å². The molecule has 6 rings (SSSR count). The Morgan fingerprint density at radius 1 is 1.06 bits per heavy atom. The molecule has 7 heteroatoms. The van der Waals surface area contributed by atoms with Crippen LogP contribution in [0.2, 0.25) is 0 Å².